The first-order chi connectivity index (χ1) is 7.09. The van der Waals surface area contributed by atoms with Gasteiger partial charge in [-0.3, -0.25) is 4.98 Å². The molecule has 1 heterocycles. The molecule has 3 nitrogen and oxygen atoms in total. The fraction of sp³-hybridized carbons (Fsp3) is 0.0909. The number of halogens is 1. The number of aromatic nitrogens is 1. The summed E-state index contributed by atoms with van der Waals surface area (Å²) in [6.45, 7) is 1.86. The molecule has 0 aliphatic rings. The van der Waals surface area contributed by atoms with E-state index in [9.17, 15) is 4.79 Å². The summed E-state index contributed by atoms with van der Waals surface area (Å²) in [6.07, 6.45) is 1.67. The number of nitrogens with zero attached hydrogens (tertiary/aromatic N) is 1. The molecular formula is C11H8ClNO2. The number of carboxylic acids is 1. The molecule has 0 radical (unpaired) electrons. The van der Waals surface area contributed by atoms with Gasteiger partial charge in [0.1, 0.15) is 0 Å². The number of hydrogen-bond acceptors (Lipinski definition) is 2. The molecule has 2 aromatic rings. The number of carbonyl (C=O) groups is 1. The number of aryl methyl sites for hydroxylation is 1. The van der Waals surface area contributed by atoms with E-state index >= 15 is 0 Å². The number of hydrogen-bond donors (Lipinski definition) is 1. The van der Waals surface area contributed by atoms with E-state index in [1.54, 1.807) is 18.3 Å². The van der Waals surface area contributed by atoms with Gasteiger partial charge in [-0.25, -0.2) is 4.79 Å². The van der Waals surface area contributed by atoms with Gasteiger partial charge in [-0.2, -0.15) is 0 Å². The van der Waals surface area contributed by atoms with E-state index < -0.39 is 5.97 Å². The van der Waals surface area contributed by atoms with Crippen LogP contribution in [-0.4, -0.2) is 16.1 Å². The maximum atomic E-state index is 11.0. The summed E-state index contributed by atoms with van der Waals surface area (Å²) >= 11 is 5.93. The predicted octanol–water partition coefficient (Wildman–Crippen LogP) is 2.89. The normalized spacial score (nSPS) is 10.5. The first kappa shape index (κ1) is 9.93. The first-order valence-corrected chi connectivity index (χ1v) is 4.75. The van der Waals surface area contributed by atoms with Gasteiger partial charge >= 0.3 is 5.97 Å². The maximum Gasteiger partial charge on any atom is 0.336 e. The fourth-order valence-corrected chi connectivity index (χ4v) is 1.69. The maximum absolute atomic E-state index is 11.0. The molecule has 0 unspecified atom stereocenters. The minimum absolute atomic E-state index is 0.227. The van der Waals surface area contributed by atoms with Crippen LogP contribution in [0.15, 0.2) is 24.4 Å². The summed E-state index contributed by atoms with van der Waals surface area (Å²) < 4.78 is 0. The van der Waals surface area contributed by atoms with Crippen molar-refractivity contribution >= 4 is 28.5 Å². The van der Waals surface area contributed by atoms with Gasteiger partial charge in [0.05, 0.1) is 16.1 Å². The SMILES string of the molecule is Cc1cnc2c(Cl)ccc(C(=O)O)c2c1. The van der Waals surface area contributed by atoms with Gasteiger partial charge in [0, 0.05) is 11.6 Å². The van der Waals surface area contributed by atoms with Gasteiger partial charge in [0.15, 0.2) is 0 Å². The second-order valence-electron chi connectivity index (χ2n) is 3.31. The Labute approximate surface area is 91.3 Å². The van der Waals surface area contributed by atoms with Crippen LogP contribution in [0, 0.1) is 6.92 Å². The van der Waals surface area contributed by atoms with Gasteiger partial charge in [-0.1, -0.05) is 11.6 Å². The highest BCUT2D eigenvalue weighted by Crippen LogP contribution is 2.25. The number of rotatable bonds is 1. The van der Waals surface area contributed by atoms with E-state index in [0.717, 1.165) is 5.56 Å². The molecule has 0 amide bonds. The lowest BCUT2D eigenvalue weighted by molar-refractivity contribution is 0.0699. The highest BCUT2D eigenvalue weighted by Gasteiger charge is 2.11. The molecule has 4 heteroatoms. The van der Waals surface area contributed by atoms with Crippen molar-refractivity contribution in [2.45, 2.75) is 6.92 Å². The Bertz CT molecular complexity index is 552. The first-order valence-electron chi connectivity index (χ1n) is 4.38. The molecule has 0 saturated carbocycles. The average molecular weight is 222 g/mol. The fourth-order valence-electron chi connectivity index (χ4n) is 1.48. The van der Waals surface area contributed by atoms with Crippen LogP contribution in [0.4, 0.5) is 0 Å². The predicted molar refractivity (Wildman–Crippen MR) is 58.4 cm³/mol. The van der Waals surface area contributed by atoms with Crippen molar-refractivity contribution in [3.05, 3.63) is 40.5 Å². The third-order valence-electron chi connectivity index (χ3n) is 2.17. The lowest BCUT2D eigenvalue weighted by Crippen LogP contribution is -1.98. The van der Waals surface area contributed by atoms with Crippen molar-refractivity contribution in [2.24, 2.45) is 0 Å². The zero-order valence-corrected chi connectivity index (χ0v) is 8.75. The van der Waals surface area contributed by atoms with Crippen LogP contribution >= 0.6 is 11.6 Å². The van der Waals surface area contributed by atoms with Crippen LogP contribution in [0.2, 0.25) is 5.02 Å². The van der Waals surface area contributed by atoms with Gasteiger partial charge in [0.2, 0.25) is 0 Å². The van der Waals surface area contributed by atoms with Gasteiger partial charge in [-0.15, -0.1) is 0 Å². The second-order valence-corrected chi connectivity index (χ2v) is 3.72. The molecule has 0 aliphatic carbocycles. The molecular weight excluding hydrogens is 214 g/mol. The Kier molecular flexibility index (Phi) is 2.32. The van der Waals surface area contributed by atoms with Crippen LogP contribution in [0.1, 0.15) is 15.9 Å². The van der Waals surface area contributed by atoms with Crippen molar-refractivity contribution in [1.29, 1.82) is 0 Å². The van der Waals surface area contributed by atoms with E-state index in [1.807, 2.05) is 6.92 Å². The largest absolute Gasteiger partial charge is 0.478 e. The van der Waals surface area contributed by atoms with Gasteiger partial charge in [0.25, 0.3) is 0 Å². The summed E-state index contributed by atoms with van der Waals surface area (Å²) in [5.41, 5.74) is 1.67. The Morgan fingerprint density at radius 3 is 2.87 bits per heavy atom. The average Bonchev–Trinajstić information content (AvgIpc) is 2.17. The Balaban J connectivity index is 2.90. The van der Waals surface area contributed by atoms with Crippen molar-refractivity contribution in [3.63, 3.8) is 0 Å². The minimum Gasteiger partial charge on any atom is -0.478 e. The molecule has 2 rings (SSSR count). The smallest absolute Gasteiger partial charge is 0.336 e. The van der Waals surface area contributed by atoms with E-state index in [-0.39, 0.29) is 5.56 Å². The molecule has 0 atom stereocenters. The van der Waals surface area contributed by atoms with Crippen LogP contribution in [0.3, 0.4) is 0 Å². The molecule has 0 saturated heterocycles. The Hall–Kier alpha value is -1.61. The zero-order valence-electron chi connectivity index (χ0n) is 7.99. The number of fused-ring (bicyclic) bond motifs is 1. The third-order valence-corrected chi connectivity index (χ3v) is 2.47. The van der Waals surface area contributed by atoms with Gasteiger partial charge < -0.3 is 5.11 Å². The highest BCUT2D eigenvalue weighted by molar-refractivity contribution is 6.35. The van der Waals surface area contributed by atoms with E-state index in [4.69, 9.17) is 16.7 Å². The van der Waals surface area contributed by atoms with Crippen molar-refractivity contribution in [2.75, 3.05) is 0 Å². The molecule has 1 aromatic carbocycles. The summed E-state index contributed by atoms with van der Waals surface area (Å²) in [4.78, 5) is 15.1. The summed E-state index contributed by atoms with van der Waals surface area (Å²) in [6, 6.07) is 4.82. The van der Waals surface area contributed by atoms with E-state index in [1.165, 1.54) is 6.07 Å². The lowest BCUT2D eigenvalue weighted by Gasteiger charge is -2.04. The summed E-state index contributed by atoms with van der Waals surface area (Å²) in [5.74, 6) is -0.968. The Morgan fingerprint density at radius 1 is 1.47 bits per heavy atom. The van der Waals surface area contributed by atoms with Crippen molar-refractivity contribution in [3.8, 4) is 0 Å². The van der Waals surface area contributed by atoms with Gasteiger partial charge in [-0.05, 0) is 30.7 Å². The topological polar surface area (TPSA) is 50.2 Å². The highest BCUT2D eigenvalue weighted by atomic mass is 35.5. The van der Waals surface area contributed by atoms with Crippen LogP contribution < -0.4 is 0 Å². The molecule has 76 valence electrons. The van der Waals surface area contributed by atoms with Crippen LogP contribution in [0.5, 0.6) is 0 Å². The lowest BCUT2D eigenvalue weighted by atomic mass is 10.1. The molecule has 1 N–H and O–H groups in total. The second kappa shape index (κ2) is 3.51. The quantitative estimate of drug-likeness (QED) is 0.806. The van der Waals surface area contributed by atoms with Crippen molar-refractivity contribution in [1.82, 2.24) is 4.98 Å². The molecule has 15 heavy (non-hydrogen) atoms. The minimum atomic E-state index is -0.968. The molecule has 0 bridgehead atoms. The number of pyridine rings is 1. The molecule has 0 spiro atoms. The van der Waals surface area contributed by atoms with Crippen molar-refractivity contribution < 1.29 is 9.90 Å². The van der Waals surface area contributed by atoms with E-state index in [0.29, 0.717) is 15.9 Å². The third kappa shape index (κ3) is 1.66. The summed E-state index contributed by atoms with van der Waals surface area (Å²) in [5, 5.41) is 10.0. The Morgan fingerprint density at radius 2 is 2.20 bits per heavy atom. The number of benzene rings is 1. The molecule has 0 aliphatic heterocycles. The zero-order chi connectivity index (χ0) is 11.0. The monoisotopic (exact) mass is 221 g/mol. The van der Waals surface area contributed by atoms with E-state index in [2.05, 4.69) is 4.98 Å². The van der Waals surface area contributed by atoms with Crippen LogP contribution in [-0.2, 0) is 0 Å². The summed E-state index contributed by atoms with van der Waals surface area (Å²) in [7, 11) is 0. The standard InChI is InChI=1S/C11H8ClNO2/c1-6-4-8-7(11(14)15)2-3-9(12)10(8)13-5-6/h2-5H,1H3,(H,14,15). The molecule has 0 fully saturated rings. The van der Waals surface area contributed by atoms with Crippen LogP contribution in [0.25, 0.3) is 10.9 Å². The molecule has 1 aromatic heterocycles. The number of carboxylic acid groups (broad SMARTS) is 1. The number of aromatic carboxylic acids is 1.